The molecule has 1 fully saturated rings. The molecule has 94 valence electrons. The lowest BCUT2D eigenvalue weighted by Crippen LogP contribution is -2.32. The average Bonchev–Trinajstić information content (AvgIpc) is 2.89. The zero-order valence-electron chi connectivity index (χ0n) is 10.3. The van der Waals surface area contributed by atoms with Crippen LogP contribution in [-0.4, -0.2) is 30.1 Å². The van der Waals surface area contributed by atoms with Crippen LogP contribution in [-0.2, 0) is 4.74 Å². The fourth-order valence-electron chi connectivity index (χ4n) is 1.91. The molecule has 0 bridgehead atoms. The Kier molecular flexibility index (Phi) is 3.90. The first-order valence-electron chi connectivity index (χ1n) is 5.98. The molecule has 1 atom stereocenters. The molecule has 1 aromatic heterocycles. The van der Waals surface area contributed by atoms with Crippen LogP contribution in [0.1, 0.15) is 34.6 Å². The topological polar surface area (TPSA) is 75.0 Å². The monoisotopic (exact) mass is 245 g/mol. The lowest BCUT2D eigenvalue weighted by Gasteiger charge is -2.10. The number of nitrogens with one attached hydrogen (secondary N) is 1. The van der Waals surface area contributed by atoms with Gasteiger partial charge in [0.1, 0.15) is 11.8 Å². The highest BCUT2D eigenvalue weighted by molar-refractivity contribution is 5.92. The molecule has 0 spiro atoms. The minimum atomic E-state index is -0.224. The minimum absolute atomic E-state index is 0.119. The number of hydrogen-bond donors (Lipinski definition) is 1. The molecule has 1 amide bonds. The van der Waals surface area contributed by atoms with E-state index in [-0.39, 0.29) is 12.0 Å². The maximum absolute atomic E-state index is 11.8. The van der Waals surface area contributed by atoms with Gasteiger partial charge in [-0.15, -0.1) is 0 Å². The van der Waals surface area contributed by atoms with Gasteiger partial charge in [-0.25, -0.2) is 4.98 Å². The summed E-state index contributed by atoms with van der Waals surface area (Å²) in [5.41, 5.74) is 1.40. The number of amides is 1. The summed E-state index contributed by atoms with van der Waals surface area (Å²) in [5.74, 6) is -0.224. The number of ether oxygens (including phenoxy) is 1. The molecule has 0 unspecified atom stereocenters. The average molecular weight is 245 g/mol. The normalized spacial score (nSPS) is 18.3. The number of pyridine rings is 1. The first kappa shape index (κ1) is 12.5. The van der Waals surface area contributed by atoms with E-state index in [4.69, 9.17) is 10.00 Å². The number of hydrogen-bond acceptors (Lipinski definition) is 4. The van der Waals surface area contributed by atoms with Gasteiger partial charge in [0.25, 0.3) is 5.91 Å². The van der Waals surface area contributed by atoms with Crippen molar-refractivity contribution in [2.45, 2.75) is 25.9 Å². The van der Waals surface area contributed by atoms with Crippen molar-refractivity contribution >= 4 is 5.91 Å². The van der Waals surface area contributed by atoms with Gasteiger partial charge in [-0.3, -0.25) is 4.79 Å². The van der Waals surface area contributed by atoms with Crippen LogP contribution in [0.4, 0.5) is 0 Å². The second kappa shape index (κ2) is 5.61. The van der Waals surface area contributed by atoms with Crippen LogP contribution in [0.25, 0.3) is 0 Å². The number of rotatable bonds is 3. The SMILES string of the molecule is Cc1nc(C(=O)NC[C@H]2CCCO2)ccc1C#N. The van der Waals surface area contributed by atoms with Crippen LogP contribution in [0.15, 0.2) is 12.1 Å². The summed E-state index contributed by atoms with van der Waals surface area (Å²) in [7, 11) is 0. The van der Waals surface area contributed by atoms with Gasteiger partial charge in [-0.1, -0.05) is 0 Å². The Morgan fingerprint density at radius 1 is 1.67 bits per heavy atom. The van der Waals surface area contributed by atoms with E-state index in [1.807, 2.05) is 6.07 Å². The summed E-state index contributed by atoms with van der Waals surface area (Å²) >= 11 is 0. The van der Waals surface area contributed by atoms with Crippen molar-refractivity contribution in [1.29, 1.82) is 5.26 Å². The van der Waals surface area contributed by atoms with Crippen molar-refractivity contribution in [2.75, 3.05) is 13.2 Å². The van der Waals surface area contributed by atoms with Crippen LogP contribution in [0.3, 0.4) is 0 Å². The van der Waals surface area contributed by atoms with Crippen LogP contribution in [0, 0.1) is 18.3 Å². The molecule has 1 saturated heterocycles. The zero-order chi connectivity index (χ0) is 13.0. The van der Waals surface area contributed by atoms with Crippen molar-refractivity contribution in [2.24, 2.45) is 0 Å². The standard InChI is InChI=1S/C13H15N3O2/c1-9-10(7-14)4-5-12(16-9)13(17)15-8-11-3-2-6-18-11/h4-5,11H,2-3,6,8H2,1H3,(H,15,17)/t11-/m1/s1. The summed E-state index contributed by atoms with van der Waals surface area (Å²) in [5, 5.41) is 11.6. The van der Waals surface area contributed by atoms with Crippen molar-refractivity contribution in [3.05, 3.63) is 29.1 Å². The van der Waals surface area contributed by atoms with Gasteiger partial charge in [0.2, 0.25) is 0 Å². The first-order chi connectivity index (χ1) is 8.70. The van der Waals surface area contributed by atoms with Crippen molar-refractivity contribution in [3.8, 4) is 6.07 Å². The Balaban J connectivity index is 1.96. The number of carbonyl (C=O) groups excluding carboxylic acids is 1. The fourth-order valence-corrected chi connectivity index (χ4v) is 1.91. The molecule has 1 aliphatic rings. The maximum Gasteiger partial charge on any atom is 0.269 e. The fraction of sp³-hybridized carbons (Fsp3) is 0.462. The van der Waals surface area contributed by atoms with Gasteiger partial charge in [-0.2, -0.15) is 5.26 Å². The molecule has 0 radical (unpaired) electrons. The van der Waals surface area contributed by atoms with Gasteiger partial charge in [0.05, 0.1) is 17.4 Å². The number of carbonyl (C=O) groups is 1. The van der Waals surface area contributed by atoms with E-state index in [0.29, 0.717) is 23.5 Å². The maximum atomic E-state index is 11.8. The highest BCUT2D eigenvalue weighted by Gasteiger charge is 2.17. The predicted octanol–water partition coefficient (Wildman–Crippen LogP) is 1.17. The molecule has 0 aliphatic carbocycles. The lowest BCUT2D eigenvalue weighted by atomic mass is 10.2. The number of nitriles is 1. The van der Waals surface area contributed by atoms with Crippen molar-refractivity contribution in [1.82, 2.24) is 10.3 Å². The Labute approximate surface area is 106 Å². The highest BCUT2D eigenvalue weighted by atomic mass is 16.5. The summed E-state index contributed by atoms with van der Waals surface area (Å²) in [6.07, 6.45) is 2.16. The molecule has 2 heterocycles. The Hall–Kier alpha value is -1.93. The summed E-state index contributed by atoms with van der Waals surface area (Å²) in [4.78, 5) is 16.0. The van der Waals surface area contributed by atoms with Crippen LogP contribution >= 0.6 is 0 Å². The summed E-state index contributed by atoms with van der Waals surface area (Å²) < 4.78 is 5.42. The molecule has 2 rings (SSSR count). The molecular weight excluding hydrogens is 230 g/mol. The predicted molar refractivity (Wildman–Crippen MR) is 65.0 cm³/mol. The van der Waals surface area contributed by atoms with Crippen molar-refractivity contribution in [3.63, 3.8) is 0 Å². The Morgan fingerprint density at radius 2 is 2.50 bits per heavy atom. The molecule has 1 aromatic rings. The van der Waals surface area contributed by atoms with E-state index < -0.39 is 0 Å². The van der Waals surface area contributed by atoms with Gasteiger partial charge in [0.15, 0.2) is 0 Å². The molecular formula is C13H15N3O2. The summed E-state index contributed by atoms with van der Waals surface area (Å²) in [6.45, 7) is 3.00. The molecule has 18 heavy (non-hydrogen) atoms. The molecule has 5 nitrogen and oxygen atoms in total. The second-order valence-corrected chi connectivity index (χ2v) is 4.29. The zero-order valence-corrected chi connectivity index (χ0v) is 10.3. The van der Waals surface area contributed by atoms with E-state index >= 15 is 0 Å². The third kappa shape index (κ3) is 2.84. The molecule has 0 aromatic carbocycles. The number of aryl methyl sites for hydroxylation is 1. The molecule has 1 aliphatic heterocycles. The van der Waals surface area contributed by atoms with E-state index in [9.17, 15) is 4.79 Å². The van der Waals surface area contributed by atoms with Crippen molar-refractivity contribution < 1.29 is 9.53 Å². The molecule has 1 N–H and O–H groups in total. The lowest BCUT2D eigenvalue weighted by molar-refractivity contribution is 0.0853. The van der Waals surface area contributed by atoms with Gasteiger partial charge < -0.3 is 10.1 Å². The van der Waals surface area contributed by atoms with Crippen LogP contribution in [0.2, 0.25) is 0 Å². The molecule has 0 saturated carbocycles. The largest absolute Gasteiger partial charge is 0.376 e. The van der Waals surface area contributed by atoms with E-state index in [2.05, 4.69) is 10.3 Å². The second-order valence-electron chi connectivity index (χ2n) is 4.29. The van der Waals surface area contributed by atoms with Gasteiger partial charge in [0, 0.05) is 13.2 Å². The van der Waals surface area contributed by atoms with E-state index in [1.165, 1.54) is 0 Å². The van der Waals surface area contributed by atoms with Crippen LogP contribution in [0.5, 0.6) is 0 Å². The highest BCUT2D eigenvalue weighted by Crippen LogP contribution is 2.11. The van der Waals surface area contributed by atoms with Gasteiger partial charge in [-0.05, 0) is 31.9 Å². The first-order valence-corrected chi connectivity index (χ1v) is 5.98. The number of aromatic nitrogens is 1. The quantitative estimate of drug-likeness (QED) is 0.867. The smallest absolute Gasteiger partial charge is 0.269 e. The van der Waals surface area contributed by atoms with E-state index in [0.717, 1.165) is 19.4 Å². The third-order valence-electron chi connectivity index (χ3n) is 2.95. The Bertz CT molecular complexity index is 487. The minimum Gasteiger partial charge on any atom is -0.376 e. The summed E-state index contributed by atoms with van der Waals surface area (Å²) in [6, 6.07) is 5.20. The Morgan fingerprint density at radius 3 is 3.11 bits per heavy atom. The molecule has 5 heteroatoms. The van der Waals surface area contributed by atoms with Crippen LogP contribution < -0.4 is 5.32 Å². The van der Waals surface area contributed by atoms with E-state index in [1.54, 1.807) is 19.1 Å². The van der Waals surface area contributed by atoms with Gasteiger partial charge >= 0.3 is 0 Å². The number of nitrogens with zero attached hydrogens (tertiary/aromatic N) is 2. The third-order valence-corrected chi connectivity index (χ3v) is 2.95.